The fraction of sp³-hybridized carbons (Fsp3) is 0.917. The van der Waals surface area contributed by atoms with Gasteiger partial charge in [0.1, 0.15) is 31.0 Å². The molecule has 3 heterocycles. The molecule has 0 N–H and O–H groups in total. The van der Waals surface area contributed by atoms with E-state index in [4.69, 9.17) is 23.7 Å². The Balaban J connectivity index is 1.70. The molecule has 3 rings (SSSR count). The van der Waals surface area contributed by atoms with E-state index in [2.05, 4.69) is 0 Å². The Morgan fingerprint density at radius 1 is 0.941 bits per heavy atom. The van der Waals surface area contributed by atoms with Crippen molar-refractivity contribution < 1.29 is 23.7 Å². The molecule has 0 aromatic carbocycles. The molecule has 5 nitrogen and oxygen atoms in total. The topological polar surface area (TPSA) is 46.2 Å². The van der Waals surface area contributed by atoms with Crippen LogP contribution in [0.1, 0.15) is 27.7 Å². The molecule has 0 bridgehead atoms. The first-order valence-electron chi connectivity index (χ1n) is 6.03. The minimum Gasteiger partial charge on any atom is -0.364 e. The third-order valence-electron chi connectivity index (χ3n) is 3.25. The minimum atomic E-state index is -0.553. The first-order valence-corrected chi connectivity index (χ1v) is 6.03. The molecule has 3 aliphatic rings. The van der Waals surface area contributed by atoms with Crippen molar-refractivity contribution in [1.82, 2.24) is 0 Å². The highest BCUT2D eigenvalue weighted by atomic mass is 16.8. The summed E-state index contributed by atoms with van der Waals surface area (Å²) in [6.45, 7) is 9.85. The van der Waals surface area contributed by atoms with E-state index in [1.54, 1.807) is 6.61 Å². The maximum Gasteiger partial charge on any atom is 0.164 e. The summed E-state index contributed by atoms with van der Waals surface area (Å²) in [6, 6.07) is 0. The van der Waals surface area contributed by atoms with Gasteiger partial charge in [-0.15, -0.1) is 0 Å². The van der Waals surface area contributed by atoms with Gasteiger partial charge < -0.3 is 23.7 Å². The lowest BCUT2D eigenvalue weighted by Crippen LogP contribution is -2.40. The van der Waals surface area contributed by atoms with Crippen LogP contribution < -0.4 is 0 Å². The van der Waals surface area contributed by atoms with Gasteiger partial charge in [0.15, 0.2) is 11.6 Å². The Bertz CT molecular complexity index is 314. The van der Waals surface area contributed by atoms with Crippen LogP contribution in [0.3, 0.4) is 0 Å². The zero-order valence-corrected chi connectivity index (χ0v) is 10.6. The predicted octanol–water partition coefficient (Wildman–Crippen LogP) is 1.22. The van der Waals surface area contributed by atoms with Crippen LogP contribution in [0, 0.1) is 6.61 Å². The number of rotatable bonds is 1. The van der Waals surface area contributed by atoms with Gasteiger partial charge in [-0.1, -0.05) is 0 Å². The fourth-order valence-corrected chi connectivity index (χ4v) is 2.60. The zero-order chi connectivity index (χ0) is 12.3. The van der Waals surface area contributed by atoms with Gasteiger partial charge in [0.25, 0.3) is 0 Å². The second-order valence-corrected chi connectivity index (χ2v) is 5.67. The van der Waals surface area contributed by atoms with Crippen LogP contribution in [0.4, 0.5) is 0 Å². The van der Waals surface area contributed by atoms with Gasteiger partial charge in [0.05, 0.1) is 6.61 Å². The van der Waals surface area contributed by atoms with E-state index >= 15 is 0 Å². The predicted molar refractivity (Wildman–Crippen MR) is 57.9 cm³/mol. The summed E-state index contributed by atoms with van der Waals surface area (Å²) >= 11 is 0. The van der Waals surface area contributed by atoms with E-state index in [9.17, 15) is 0 Å². The molecule has 4 atom stereocenters. The van der Waals surface area contributed by atoms with Gasteiger partial charge in [0, 0.05) is 0 Å². The van der Waals surface area contributed by atoms with Crippen molar-refractivity contribution in [3.05, 3.63) is 6.61 Å². The molecule has 3 aliphatic heterocycles. The molecule has 0 amide bonds. The second kappa shape index (κ2) is 3.65. The van der Waals surface area contributed by atoms with Crippen molar-refractivity contribution in [2.45, 2.75) is 63.7 Å². The molecule has 1 radical (unpaired) electrons. The van der Waals surface area contributed by atoms with Gasteiger partial charge in [-0.25, -0.2) is 0 Å². The molecule has 0 unspecified atom stereocenters. The summed E-state index contributed by atoms with van der Waals surface area (Å²) in [5.74, 6) is -1.09. The Morgan fingerprint density at radius 2 is 1.71 bits per heavy atom. The van der Waals surface area contributed by atoms with Crippen LogP contribution in [0.25, 0.3) is 0 Å². The van der Waals surface area contributed by atoms with Crippen molar-refractivity contribution in [2.75, 3.05) is 6.61 Å². The van der Waals surface area contributed by atoms with Crippen LogP contribution in [0.2, 0.25) is 0 Å². The summed E-state index contributed by atoms with van der Waals surface area (Å²) in [4.78, 5) is 0. The molecule has 0 aliphatic carbocycles. The first kappa shape index (κ1) is 11.9. The molecule has 0 aromatic heterocycles. The molecular weight excluding hydrogens is 224 g/mol. The fourth-order valence-electron chi connectivity index (χ4n) is 2.60. The Kier molecular flexibility index (Phi) is 2.55. The number of hydrogen-bond acceptors (Lipinski definition) is 5. The maximum absolute atomic E-state index is 5.85. The Morgan fingerprint density at radius 3 is 2.35 bits per heavy atom. The monoisotopic (exact) mass is 243 g/mol. The third-order valence-corrected chi connectivity index (χ3v) is 3.25. The molecule has 5 heteroatoms. The normalized spacial score (nSPS) is 47.3. The molecule has 0 saturated carbocycles. The zero-order valence-electron chi connectivity index (χ0n) is 10.6. The quantitative estimate of drug-likeness (QED) is 0.693. The lowest BCUT2D eigenvalue weighted by Gasteiger charge is -2.25. The summed E-state index contributed by atoms with van der Waals surface area (Å²) in [5, 5.41) is 0. The molecule has 0 aromatic rings. The van der Waals surface area contributed by atoms with E-state index < -0.39 is 11.6 Å². The third kappa shape index (κ3) is 2.11. The van der Waals surface area contributed by atoms with E-state index in [0.717, 1.165) is 0 Å². The number of fused-ring (bicyclic) bond motifs is 1. The van der Waals surface area contributed by atoms with Crippen LogP contribution in [-0.2, 0) is 23.7 Å². The maximum atomic E-state index is 5.85. The van der Waals surface area contributed by atoms with Gasteiger partial charge in [-0.05, 0) is 27.7 Å². The van der Waals surface area contributed by atoms with Gasteiger partial charge in [-0.3, -0.25) is 0 Å². The Hall–Kier alpha value is -0.200. The van der Waals surface area contributed by atoms with Crippen molar-refractivity contribution in [2.24, 2.45) is 0 Å². The second-order valence-electron chi connectivity index (χ2n) is 5.67. The molecule has 0 spiro atoms. The number of hydrogen-bond donors (Lipinski definition) is 0. The first-order chi connectivity index (χ1) is 7.86. The van der Waals surface area contributed by atoms with Crippen molar-refractivity contribution in [3.8, 4) is 0 Å². The minimum absolute atomic E-state index is 0.103. The molecule has 3 fully saturated rings. The van der Waals surface area contributed by atoms with Crippen LogP contribution in [0.5, 0.6) is 0 Å². The van der Waals surface area contributed by atoms with Gasteiger partial charge in [0.2, 0.25) is 0 Å². The summed E-state index contributed by atoms with van der Waals surface area (Å²) < 4.78 is 28.5. The van der Waals surface area contributed by atoms with Crippen molar-refractivity contribution in [3.63, 3.8) is 0 Å². The molecule has 3 saturated heterocycles. The lowest BCUT2D eigenvalue weighted by molar-refractivity contribution is -0.188. The standard InChI is InChI=1S/C12H19O5/c1-11(2)14-6-8(15-11)9-10-7(5-13-9)16-12(3,4)17-10/h5,7-10H,6H2,1-4H3/t7-,8-,9-,10-/m1/s1. The highest BCUT2D eigenvalue weighted by Gasteiger charge is 2.55. The van der Waals surface area contributed by atoms with E-state index in [1.807, 2.05) is 27.7 Å². The van der Waals surface area contributed by atoms with Crippen molar-refractivity contribution >= 4 is 0 Å². The highest BCUT2D eigenvalue weighted by molar-refractivity contribution is 5.01. The molecular formula is C12H19O5. The summed E-state index contributed by atoms with van der Waals surface area (Å²) in [7, 11) is 0. The smallest absolute Gasteiger partial charge is 0.164 e. The lowest BCUT2D eigenvalue weighted by atomic mass is 10.1. The van der Waals surface area contributed by atoms with Crippen LogP contribution in [-0.4, -0.2) is 42.6 Å². The van der Waals surface area contributed by atoms with Crippen molar-refractivity contribution in [1.29, 1.82) is 0 Å². The summed E-state index contributed by atoms with van der Waals surface area (Å²) in [5.41, 5.74) is 0. The largest absolute Gasteiger partial charge is 0.364 e. The number of ether oxygens (including phenoxy) is 5. The average Bonchev–Trinajstić information content (AvgIpc) is 2.77. The van der Waals surface area contributed by atoms with Crippen LogP contribution in [0.15, 0.2) is 0 Å². The van der Waals surface area contributed by atoms with E-state index in [0.29, 0.717) is 6.61 Å². The Labute approximate surface area is 101 Å². The van der Waals surface area contributed by atoms with Crippen LogP contribution >= 0.6 is 0 Å². The molecule has 97 valence electrons. The average molecular weight is 243 g/mol. The van der Waals surface area contributed by atoms with Gasteiger partial charge in [-0.2, -0.15) is 0 Å². The van der Waals surface area contributed by atoms with E-state index in [-0.39, 0.29) is 24.4 Å². The van der Waals surface area contributed by atoms with E-state index in [1.165, 1.54) is 0 Å². The SMILES string of the molecule is CC1(C)O[C@H]2[C@@H]([C@H]3COC(C)(C)O3)O[CH][C@H]2O1. The summed E-state index contributed by atoms with van der Waals surface area (Å²) in [6.07, 6.45) is -0.466. The van der Waals surface area contributed by atoms with Gasteiger partial charge >= 0.3 is 0 Å². The molecule has 17 heavy (non-hydrogen) atoms. The highest BCUT2D eigenvalue weighted by Crippen LogP contribution is 2.40.